The highest BCUT2D eigenvalue weighted by atomic mass is 15.3. The van der Waals surface area contributed by atoms with Crippen LogP contribution in [0.1, 0.15) is 26.2 Å². The molecule has 1 unspecified atom stereocenters. The summed E-state index contributed by atoms with van der Waals surface area (Å²) in [6.45, 7) is 2.18. The van der Waals surface area contributed by atoms with Crippen LogP contribution in [0.25, 0.3) is 0 Å². The van der Waals surface area contributed by atoms with Crippen LogP contribution >= 0.6 is 0 Å². The molecule has 1 atom stereocenters. The van der Waals surface area contributed by atoms with Gasteiger partial charge in [0.25, 0.3) is 0 Å². The summed E-state index contributed by atoms with van der Waals surface area (Å²) in [4.78, 5) is 14.9. The van der Waals surface area contributed by atoms with Crippen LogP contribution in [0.15, 0.2) is 0 Å². The van der Waals surface area contributed by atoms with Gasteiger partial charge in [0.2, 0.25) is 17.8 Å². The van der Waals surface area contributed by atoms with Crippen molar-refractivity contribution in [3.8, 4) is 0 Å². The van der Waals surface area contributed by atoms with E-state index >= 15 is 0 Å². The topological polar surface area (TPSA) is 66.0 Å². The van der Waals surface area contributed by atoms with Crippen molar-refractivity contribution in [2.45, 2.75) is 32.2 Å². The fraction of sp³-hybridized carbons (Fsp3) is 0.750. The van der Waals surface area contributed by atoms with E-state index in [9.17, 15) is 0 Å². The van der Waals surface area contributed by atoms with E-state index in [4.69, 9.17) is 0 Å². The van der Waals surface area contributed by atoms with Gasteiger partial charge < -0.3 is 15.5 Å². The van der Waals surface area contributed by atoms with Crippen molar-refractivity contribution in [3.05, 3.63) is 0 Å². The van der Waals surface area contributed by atoms with Crippen molar-refractivity contribution in [2.24, 2.45) is 5.92 Å². The van der Waals surface area contributed by atoms with Crippen molar-refractivity contribution < 1.29 is 0 Å². The number of hydrogen-bond acceptors (Lipinski definition) is 6. The first-order valence-electron chi connectivity index (χ1n) is 6.46. The zero-order valence-electron chi connectivity index (χ0n) is 11.6. The van der Waals surface area contributed by atoms with Gasteiger partial charge in [-0.15, -0.1) is 0 Å². The number of aromatic nitrogens is 3. The molecule has 1 aliphatic carbocycles. The summed E-state index contributed by atoms with van der Waals surface area (Å²) in [6, 6.07) is 0.402. The summed E-state index contributed by atoms with van der Waals surface area (Å²) in [5.41, 5.74) is 0. The first-order chi connectivity index (χ1) is 8.58. The summed E-state index contributed by atoms with van der Waals surface area (Å²) >= 11 is 0. The number of nitrogens with zero attached hydrogens (tertiary/aromatic N) is 4. The molecule has 1 aromatic heterocycles. The fourth-order valence-corrected chi connectivity index (χ4v) is 1.87. The molecular weight excluding hydrogens is 228 g/mol. The van der Waals surface area contributed by atoms with Gasteiger partial charge in [-0.2, -0.15) is 15.0 Å². The quantitative estimate of drug-likeness (QED) is 0.799. The van der Waals surface area contributed by atoms with Crippen LogP contribution < -0.4 is 15.5 Å². The third-order valence-corrected chi connectivity index (χ3v) is 3.01. The second kappa shape index (κ2) is 5.37. The molecule has 1 fully saturated rings. The molecule has 0 aliphatic heterocycles. The van der Waals surface area contributed by atoms with E-state index in [2.05, 4.69) is 32.5 Å². The summed E-state index contributed by atoms with van der Waals surface area (Å²) in [7, 11) is 5.66. The number of anilines is 3. The largest absolute Gasteiger partial charge is 0.357 e. The minimum absolute atomic E-state index is 0.402. The monoisotopic (exact) mass is 250 g/mol. The summed E-state index contributed by atoms with van der Waals surface area (Å²) in [6.07, 6.45) is 3.93. The molecule has 18 heavy (non-hydrogen) atoms. The smallest absolute Gasteiger partial charge is 0.231 e. The van der Waals surface area contributed by atoms with Crippen LogP contribution in [0.5, 0.6) is 0 Å². The van der Waals surface area contributed by atoms with Gasteiger partial charge >= 0.3 is 0 Å². The van der Waals surface area contributed by atoms with Gasteiger partial charge in [0.15, 0.2) is 0 Å². The third kappa shape index (κ3) is 3.45. The molecular formula is C12H22N6. The zero-order valence-corrected chi connectivity index (χ0v) is 11.6. The lowest BCUT2D eigenvalue weighted by atomic mass is 10.2. The number of rotatable bonds is 6. The normalized spacial score (nSPS) is 16.2. The Morgan fingerprint density at radius 2 is 1.89 bits per heavy atom. The Morgan fingerprint density at radius 3 is 2.44 bits per heavy atom. The van der Waals surface area contributed by atoms with Gasteiger partial charge in [-0.1, -0.05) is 12.8 Å². The first-order valence-corrected chi connectivity index (χ1v) is 6.46. The first kappa shape index (κ1) is 12.9. The fourth-order valence-electron chi connectivity index (χ4n) is 1.87. The van der Waals surface area contributed by atoms with Crippen molar-refractivity contribution in [1.29, 1.82) is 0 Å². The highest BCUT2D eigenvalue weighted by molar-refractivity contribution is 5.42. The van der Waals surface area contributed by atoms with Gasteiger partial charge in [-0.3, -0.25) is 0 Å². The molecule has 0 spiro atoms. The van der Waals surface area contributed by atoms with Crippen LogP contribution in [-0.2, 0) is 0 Å². The lowest BCUT2D eigenvalue weighted by molar-refractivity contribution is 0.637. The maximum absolute atomic E-state index is 4.40. The predicted octanol–water partition coefficient (Wildman–Crippen LogP) is 1.58. The van der Waals surface area contributed by atoms with E-state index in [-0.39, 0.29) is 0 Å². The Morgan fingerprint density at radius 1 is 1.22 bits per heavy atom. The minimum Gasteiger partial charge on any atom is -0.357 e. The molecule has 6 nitrogen and oxygen atoms in total. The van der Waals surface area contributed by atoms with Gasteiger partial charge in [0, 0.05) is 27.2 Å². The third-order valence-electron chi connectivity index (χ3n) is 3.01. The van der Waals surface area contributed by atoms with Crippen molar-refractivity contribution in [1.82, 2.24) is 15.0 Å². The molecule has 0 radical (unpaired) electrons. The molecule has 100 valence electrons. The average Bonchev–Trinajstić information content (AvgIpc) is 3.12. The Kier molecular flexibility index (Phi) is 3.84. The average molecular weight is 250 g/mol. The van der Waals surface area contributed by atoms with Gasteiger partial charge in [-0.05, 0) is 19.3 Å². The van der Waals surface area contributed by atoms with Crippen LogP contribution in [0.4, 0.5) is 17.8 Å². The molecule has 0 bridgehead atoms. The second-order valence-corrected chi connectivity index (χ2v) is 5.15. The number of hydrogen-bond donors (Lipinski definition) is 2. The molecule has 1 aromatic rings. The molecule has 2 N–H and O–H groups in total. The Hall–Kier alpha value is -1.59. The molecule has 0 amide bonds. The van der Waals surface area contributed by atoms with E-state index in [1.165, 1.54) is 19.3 Å². The van der Waals surface area contributed by atoms with Crippen LogP contribution in [0, 0.1) is 5.92 Å². The second-order valence-electron chi connectivity index (χ2n) is 5.15. The molecule has 6 heteroatoms. The standard InChI is InChI=1S/C12H22N6/c1-8(7-9-5-6-9)14-11-15-10(13-2)16-12(17-11)18(3)4/h8-9H,5-7H2,1-4H3,(H2,13,14,15,16,17). The predicted molar refractivity (Wildman–Crippen MR) is 74.1 cm³/mol. The Balaban J connectivity index is 2.07. The van der Waals surface area contributed by atoms with Crippen LogP contribution in [0.3, 0.4) is 0 Å². The SMILES string of the molecule is CNc1nc(NC(C)CC2CC2)nc(N(C)C)n1. The highest BCUT2D eigenvalue weighted by Gasteiger charge is 2.24. The lowest BCUT2D eigenvalue weighted by Crippen LogP contribution is -2.21. The highest BCUT2D eigenvalue weighted by Crippen LogP contribution is 2.33. The van der Waals surface area contributed by atoms with Crippen molar-refractivity contribution >= 4 is 17.8 Å². The van der Waals surface area contributed by atoms with Gasteiger partial charge in [0.1, 0.15) is 0 Å². The molecule has 1 saturated carbocycles. The van der Waals surface area contributed by atoms with E-state index < -0.39 is 0 Å². The molecule has 1 aliphatic rings. The van der Waals surface area contributed by atoms with Gasteiger partial charge in [0.05, 0.1) is 0 Å². The van der Waals surface area contributed by atoms with Gasteiger partial charge in [-0.25, -0.2) is 0 Å². The zero-order chi connectivity index (χ0) is 13.1. The van der Waals surface area contributed by atoms with E-state index in [0.717, 1.165) is 5.92 Å². The van der Waals surface area contributed by atoms with E-state index in [1.54, 1.807) is 0 Å². The van der Waals surface area contributed by atoms with E-state index in [1.807, 2.05) is 26.0 Å². The summed E-state index contributed by atoms with van der Waals surface area (Å²) in [5, 5.41) is 6.31. The maximum atomic E-state index is 4.40. The molecule has 0 aromatic carbocycles. The summed E-state index contributed by atoms with van der Waals surface area (Å²) < 4.78 is 0. The molecule has 1 heterocycles. The van der Waals surface area contributed by atoms with Crippen molar-refractivity contribution in [2.75, 3.05) is 36.7 Å². The molecule has 0 saturated heterocycles. The summed E-state index contributed by atoms with van der Waals surface area (Å²) in [5.74, 6) is 2.79. The lowest BCUT2D eigenvalue weighted by Gasteiger charge is -2.16. The maximum Gasteiger partial charge on any atom is 0.231 e. The molecule has 2 rings (SSSR count). The van der Waals surface area contributed by atoms with Crippen LogP contribution in [0.2, 0.25) is 0 Å². The van der Waals surface area contributed by atoms with E-state index in [0.29, 0.717) is 23.9 Å². The number of nitrogens with one attached hydrogen (secondary N) is 2. The van der Waals surface area contributed by atoms with Crippen LogP contribution in [-0.4, -0.2) is 42.1 Å². The minimum atomic E-state index is 0.402. The van der Waals surface area contributed by atoms with Crippen molar-refractivity contribution in [3.63, 3.8) is 0 Å². The Bertz CT molecular complexity index is 402. The Labute approximate surface area is 108 Å².